The van der Waals surface area contributed by atoms with Gasteiger partial charge in [-0.15, -0.1) is 0 Å². The van der Waals surface area contributed by atoms with Gasteiger partial charge in [-0.25, -0.2) is 0 Å². The Bertz CT molecular complexity index is 795. The Morgan fingerprint density at radius 1 is 0.679 bits per heavy atom. The first-order chi connectivity index (χ1) is 13.7. The topological polar surface area (TPSA) is 43.9 Å². The summed E-state index contributed by atoms with van der Waals surface area (Å²) in [6.45, 7) is 4.41. The summed E-state index contributed by atoms with van der Waals surface area (Å²) in [5, 5.41) is 0. The Balaban J connectivity index is 1.48. The maximum Gasteiger partial charge on any atom is 0.253 e. The first kappa shape index (κ1) is 18.7. The van der Waals surface area contributed by atoms with Crippen molar-refractivity contribution in [1.29, 1.82) is 0 Å². The molecular formula is C23H27N3O2. The van der Waals surface area contributed by atoms with Crippen molar-refractivity contribution in [2.24, 2.45) is 0 Å². The van der Waals surface area contributed by atoms with E-state index in [1.807, 2.05) is 70.5 Å². The summed E-state index contributed by atoms with van der Waals surface area (Å²) >= 11 is 0. The van der Waals surface area contributed by atoms with E-state index in [1.54, 1.807) is 0 Å². The molecule has 0 N–H and O–H groups in total. The second-order valence-electron chi connectivity index (χ2n) is 7.54. The number of likely N-dealkylation sites (tertiary alicyclic amines) is 1. The summed E-state index contributed by atoms with van der Waals surface area (Å²) in [6, 6.07) is 19.2. The highest BCUT2D eigenvalue weighted by Gasteiger charge is 2.35. The Hall–Kier alpha value is -2.66. The molecule has 0 bridgehead atoms. The second kappa shape index (κ2) is 8.57. The fourth-order valence-electron chi connectivity index (χ4n) is 4.20. The molecule has 0 unspecified atom stereocenters. The molecule has 2 fully saturated rings. The molecule has 5 nitrogen and oxygen atoms in total. The molecule has 0 saturated carbocycles. The van der Waals surface area contributed by atoms with E-state index >= 15 is 0 Å². The second-order valence-corrected chi connectivity index (χ2v) is 7.54. The van der Waals surface area contributed by atoms with Gasteiger partial charge in [0.1, 0.15) is 6.04 Å². The molecule has 0 radical (unpaired) electrons. The molecule has 28 heavy (non-hydrogen) atoms. The highest BCUT2D eigenvalue weighted by Crippen LogP contribution is 2.26. The molecule has 0 aliphatic carbocycles. The maximum absolute atomic E-state index is 13.3. The molecule has 5 heteroatoms. The number of rotatable bonds is 4. The van der Waals surface area contributed by atoms with Crippen LogP contribution < -0.4 is 0 Å². The Morgan fingerprint density at radius 2 is 1.25 bits per heavy atom. The molecule has 2 aromatic carbocycles. The van der Waals surface area contributed by atoms with Gasteiger partial charge in [0.2, 0.25) is 5.91 Å². The zero-order valence-corrected chi connectivity index (χ0v) is 16.2. The van der Waals surface area contributed by atoms with E-state index in [9.17, 15) is 9.59 Å². The molecule has 146 valence electrons. The van der Waals surface area contributed by atoms with Crippen LogP contribution in [0, 0.1) is 0 Å². The molecule has 0 aromatic heterocycles. The van der Waals surface area contributed by atoms with Gasteiger partial charge in [0.05, 0.1) is 0 Å². The van der Waals surface area contributed by atoms with Crippen LogP contribution in [0.1, 0.15) is 34.8 Å². The summed E-state index contributed by atoms with van der Waals surface area (Å²) < 4.78 is 0. The zero-order chi connectivity index (χ0) is 19.3. The lowest BCUT2D eigenvalue weighted by molar-refractivity contribution is -0.136. The van der Waals surface area contributed by atoms with Crippen molar-refractivity contribution >= 4 is 11.8 Å². The van der Waals surface area contributed by atoms with Crippen LogP contribution in [0.5, 0.6) is 0 Å². The molecule has 2 amide bonds. The smallest absolute Gasteiger partial charge is 0.253 e. The number of carbonyl (C=O) groups is 2. The van der Waals surface area contributed by atoms with E-state index in [4.69, 9.17) is 0 Å². The van der Waals surface area contributed by atoms with Gasteiger partial charge in [-0.05, 0) is 30.5 Å². The monoisotopic (exact) mass is 377 g/mol. The number of hydrogen-bond donors (Lipinski definition) is 0. The Morgan fingerprint density at radius 3 is 1.86 bits per heavy atom. The first-order valence-electron chi connectivity index (χ1n) is 10.2. The third-order valence-electron chi connectivity index (χ3n) is 5.75. The number of benzene rings is 2. The van der Waals surface area contributed by atoms with E-state index < -0.39 is 0 Å². The van der Waals surface area contributed by atoms with Crippen LogP contribution in [0.15, 0.2) is 60.7 Å². The average molecular weight is 377 g/mol. The number of amides is 2. The van der Waals surface area contributed by atoms with Crippen molar-refractivity contribution in [1.82, 2.24) is 14.7 Å². The normalized spacial score (nSPS) is 18.9. The molecule has 2 saturated heterocycles. The minimum absolute atomic E-state index is 0.0716. The number of piperazine rings is 1. The van der Waals surface area contributed by atoms with Crippen LogP contribution in [-0.4, -0.2) is 65.8 Å². The fourth-order valence-corrected chi connectivity index (χ4v) is 4.20. The van der Waals surface area contributed by atoms with E-state index in [0.29, 0.717) is 26.2 Å². The summed E-state index contributed by atoms with van der Waals surface area (Å²) in [7, 11) is 0. The predicted molar refractivity (Wildman–Crippen MR) is 109 cm³/mol. The highest BCUT2D eigenvalue weighted by atomic mass is 16.2. The molecule has 1 atom stereocenters. The zero-order valence-electron chi connectivity index (χ0n) is 16.2. The van der Waals surface area contributed by atoms with Crippen molar-refractivity contribution in [2.45, 2.75) is 18.9 Å². The molecule has 4 rings (SSSR count). The molecule has 2 aliphatic rings. The van der Waals surface area contributed by atoms with Gasteiger partial charge in [0.25, 0.3) is 5.91 Å². The van der Waals surface area contributed by atoms with Crippen molar-refractivity contribution in [3.8, 4) is 0 Å². The minimum Gasteiger partial charge on any atom is -0.341 e. The minimum atomic E-state index is -0.256. The third kappa shape index (κ3) is 3.94. The number of carbonyl (C=O) groups excluding carboxylic acids is 2. The maximum atomic E-state index is 13.3. The highest BCUT2D eigenvalue weighted by molar-refractivity contribution is 5.94. The van der Waals surface area contributed by atoms with Gasteiger partial charge in [-0.1, -0.05) is 48.5 Å². The van der Waals surface area contributed by atoms with Crippen LogP contribution in [0.4, 0.5) is 0 Å². The van der Waals surface area contributed by atoms with Crippen molar-refractivity contribution in [2.75, 3.05) is 39.3 Å². The van der Waals surface area contributed by atoms with Gasteiger partial charge in [0, 0.05) is 44.8 Å². The van der Waals surface area contributed by atoms with Crippen LogP contribution in [-0.2, 0) is 4.79 Å². The summed E-state index contributed by atoms with van der Waals surface area (Å²) in [6.07, 6.45) is 2.18. The number of nitrogens with zero attached hydrogens (tertiary/aromatic N) is 3. The molecular weight excluding hydrogens is 350 g/mol. The van der Waals surface area contributed by atoms with Gasteiger partial charge in [-0.2, -0.15) is 0 Å². The van der Waals surface area contributed by atoms with E-state index in [2.05, 4.69) is 4.90 Å². The first-order valence-corrected chi connectivity index (χ1v) is 10.2. The Kier molecular flexibility index (Phi) is 5.72. The van der Waals surface area contributed by atoms with E-state index in [-0.39, 0.29) is 17.9 Å². The third-order valence-corrected chi connectivity index (χ3v) is 5.75. The van der Waals surface area contributed by atoms with Crippen LogP contribution in [0.3, 0.4) is 0 Å². The largest absolute Gasteiger partial charge is 0.341 e. The van der Waals surface area contributed by atoms with Gasteiger partial charge in [-0.3, -0.25) is 14.5 Å². The van der Waals surface area contributed by atoms with Crippen molar-refractivity contribution in [3.63, 3.8) is 0 Å². The predicted octanol–water partition coefficient (Wildman–Crippen LogP) is 2.81. The average Bonchev–Trinajstić information content (AvgIpc) is 3.30. The summed E-state index contributed by atoms with van der Waals surface area (Å²) in [4.78, 5) is 32.1. The summed E-state index contributed by atoms with van der Waals surface area (Å²) in [5.41, 5.74) is 1.77. The molecule has 2 aromatic rings. The van der Waals surface area contributed by atoms with Crippen LogP contribution in [0.2, 0.25) is 0 Å². The molecule has 0 spiro atoms. The van der Waals surface area contributed by atoms with E-state index in [0.717, 1.165) is 37.1 Å². The molecule has 2 aliphatic heterocycles. The van der Waals surface area contributed by atoms with E-state index in [1.165, 1.54) is 0 Å². The lowest BCUT2D eigenvalue weighted by atomic mass is 10.0. The van der Waals surface area contributed by atoms with Crippen LogP contribution >= 0.6 is 0 Å². The fraction of sp³-hybridized carbons (Fsp3) is 0.391. The molecule has 2 heterocycles. The van der Waals surface area contributed by atoms with Gasteiger partial charge >= 0.3 is 0 Å². The lowest BCUT2D eigenvalue weighted by Crippen LogP contribution is -2.52. The van der Waals surface area contributed by atoms with Crippen molar-refractivity contribution in [3.05, 3.63) is 71.8 Å². The van der Waals surface area contributed by atoms with Crippen molar-refractivity contribution < 1.29 is 9.59 Å². The van der Waals surface area contributed by atoms with Crippen LogP contribution in [0.25, 0.3) is 0 Å². The van der Waals surface area contributed by atoms with Gasteiger partial charge < -0.3 is 9.80 Å². The summed E-state index contributed by atoms with van der Waals surface area (Å²) in [5.74, 6) is 0.272. The standard InChI is InChI=1S/C23H27N3O2/c27-22(20-11-5-2-6-12-20)26-17-15-24(16-18-26)21(19-9-3-1-4-10-19)23(28)25-13-7-8-14-25/h1-6,9-12,21H,7-8,13-18H2/t21-/m1/s1. The van der Waals surface area contributed by atoms with Gasteiger partial charge in [0.15, 0.2) is 0 Å². The quantitative estimate of drug-likeness (QED) is 0.823. The Labute approximate surface area is 166 Å². The SMILES string of the molecule is O=C(c1ccccc1)N1CCN([C@@H](C(=O)N2CCCC2)c2ccccc2)CC1. The lowest BCUT2D eigenvalue weighted by Gasteiger charge is -2.40. The number of hydrogen-bond acceptors (Lipinski definition) is 3.